The second-order valence-electron chi connectivity index (χ2n) is 4.53. The number of likely N-dealkylation sites (N-methyl/N-ethyl adjacent to an activating group) is 1. The number of anilines is 1. The molecule has 0 unspecified atom stereocenters. The summed E-state index contributed by atoms with van der Waals surface area (Å²) < 4.78 is 5.13. The molecule has 1 aliphatic rings. The lowest BCUT2D eigenvalue weighted by molar-refractivity contribution is 0.147. The van der Waals surface area contributed by atoms with Crippen LogP contribution >= 0.6 is 0 Å². The van der Waals surface area contributed by atoms with E-state index in [1.165, 1.54) is 16.8 Å². The molecule has 0 saturated carbocycles. The van der Waals surface area contributed by atoms with E-state index in [0.29, 0.717) is 0 Å². The second kappa shape index (κ2) is 6.03. The Labute approximate surface area is 104 Å². The van der Waals surface area contributed by atoms with Crippen molar-refractivity contribution in [2.75, 3.05) is 38.7 Å². The van der Waals surface area contributed by atoms with Crippen molar-refractivity contribution in [3.63, 3.8) is 0 Å². The van der Waals surface area contributed by atoms with Crippen LogP contribution in [0.1, 0.15) is 18.1 Å². The fraction of sp³-hybridized carbons (Fsp3) is 0.571. The van der Waals surface area contributed by atoms with E-state index in [2.05, 4.69) is 35.3 Å². The molecule has 94 valence electrons. The number of hydrogen-bond donors (Lipinski definition) is 1. The van der Waals surface area contributed by atoms with Crippen LogP contribution in [0, 0.1) is 0 Å². The lowest BCUT2D eigenvalue weighted by atomic mass is 10.1. The highest BCUT2D eigenvalue weighted by Gasteiger charge is 2.11. The van der Waals surface area contributed by atoms with E-state index in [4.69, 9.17) is 4.74 Å². The van der Waals surface area contributed by atoms with E-state index in [1.807, 2.05) is 0 Å². The maximum Gasteiger partial charge on any atom is 0.0589 e. The highest BCUT2D eigenvalue weighted by molar-refractivity contribution is 5.56. The van der Waals surface area contributed by atoms with Gasteiger partial charge in [-0.25, -0.2) is 0 Å². The molecule has 0 saturated heterocycles. The molecule has 1 aliphatic heterocycles. The number of rotatable bonds is 6. The summed E-state index contributed by atoms with van der Waals surface area (Å²) >= 11 is 0. The van der Waals surface area contributed by atoms with Crippen molar-refractivity contribution in [2.24, 2.45) is 0 Å². The molecule has 0 aliphatic carbocycles. The predicted octanol–water partition coefficient (Wildman–Crippen LogP) is 2.12. The zero-order valence-corrected chi connectivity index (χ0v) is 10.8. The molecule has 3 nitrogen and oxygen atoms in total. The summed E-state index contributed by atoms with van der Waals surface area (Å²) in [7, 11) is 1.76. The first-order chi connectivity index (χ1) is 8.33. The van der Waals surface area contributed by atoms with Gasteiger partial charge in [-0.05, 0) is 30.2 Å². The van der Waals surface area contributed by atoms with Gasteiger partial charge in [-0.15, -0.1) is 0 Å². The average Bonchev–Trinajstić information content (AvgIpc) is 2.81. The van der Waals surface area contributed by atoms with Gasteiger partial charge in [-0.2, -0.15) is 0 Å². The summed E-state index contributed by atoms with van der Waals surface area (Å²) in [5, 5.41) is 3.43. The molecule has 0 atom stereocenters. The van der Waals surface area contributed by atoms with Crippen molar-refractivity contribution in [3.05, 3.63) is 29.3 Å². The smallest absolute Gasteiger partial charge is 0.0589 e. The van der Waals surface area contributed by atoms with Gasteiger partial charge >= 0.3 is 0 Å². The van der Waals surface area contributed by atoms with Gasteiger partial charge in [0.1, 0.15) is 0 Å². The number of fused-ring (bicyclic) bond motifs is 1. The summed E-state index contributed by atoms with van der Waals surface area (Å²) in [4.78, 5) is 2.40. The lowest BCUT2D eigenvalue weighted by Gasteiger charge is -2.20. The Bertz CT molecular complexity index is 365. The molecule has 1 heterocycles. The minimum Gasteiger partial charge on any atom is -0.384 e. The van der Waals surface area contributed by atoms with Crippen LogP contribution in [0.3, 0.4) is 0 Å². The average molecular weight is 234 g/mol. The fourth-order valence-electron chi connectivity index (χ4n) is 2.26. The molecular weight excluding hydrogens is 212 g/mol. The Morgan fingerprint density at radius 1 is 1.41 bits per heavy atom. The Morgan fingerprint density at radius 3 is 3.06 bits per heavy atom. The van der Waals surface area contributed by atoms with Crippen LogP contribution in [-0.2, 0) is 17.7 Å². The summed E-state index contributed by atoms with van der Waals surface area (Å²) in [5.41, 5.74) is 4.16. The first-order valence-electron chi connectivity index (χ1n) is 6.40. The van der Waals surface area contributed by atoms with E-state index in [1.54, 1.807) is 7.11 Å². The molecule has 1 aromatic rings. The molecule has 0 amide bonds. The van der Waals surface area contributed by atoms with Crippen LogP contribution in [0.25, 0.3) is 0 Å². The normalized spacial score (nSPS) is 13.8. The third-order valence-electron chi connectivity index (χ3n) is 3.35. The first-order valence-corrected chi connectivity index (χ1v) is 6.40. The molecule has 17 heavy (non-hydrogen) atoms. The van der Waals surface area contributed by atoms with Crippen molar-refractivity contribution in [1.29, 1.82) is 0 Å². The predicted molar refractivity (Wildman–Crippen MR) is 71.5 cm³/mol. The molecule has 0 spiro atoms. The molecule has 0 bridgehead atoms. The van der Waals surface area contributed by atoms with E-state index in [0.717, 1.165) is 39.2 Å². The number of methoxy groups -OCH3 is 1. The maximum atomic E-state index is 5.13. The fourth-order valence-corrected chi connectivity index (χ4v) is 2.26. The van der Waals surface area contributed by atoms with Crippen molar-refractivity contribution in [2.45, 2.75) is 19.9 Å². The van der Waals surface area contributed by atoms with Gasteiger partial charge in [-0.1, -0.05) is 19.1 Å². The zero-order valence-electron chi connectivity index (χ0n) is 10.8. The molecule has 0 radical (unpaired) electrons. The number of nitrogens with one attached hydrogen (secondary N) is 1. The van der Waals surface area contributed by atoms with Crippen LogP contribution in [0.5, 0.6) is 0 Å². The van der Waals surface area contributed by atoms with E-state index < -0.39 is 0 Å². The van der Waals surface area contributed by atoms with Gasteiger partial charge in [0.05, 0.1) is 6.61 Å². The van der Waals surface area contributed by atoms with Crippen molar-refractivity contribution >= 4 is 5.69 Å². The van der Waals surface area contributed by atoms with E-state index in [9.17, 15) is 0 Å². The summed E-state index contributed by atoms with van der Waals surface area (Å²) in [6.45, 7) is 7.15. The van der Waals surface area contributed by atoms with Gasteiger partial charge in [0.25, 0.3) is 0 Å². The molecule has 1 aromatic carbocycles. The SMILES string of the molecule is CCN(CCOC)Cc1ccc2c(c1)NCC2. The van der Waals surface area contributed by atoms with Gasteiger partial charge < -0.3 is 10.1 Å². The largest absolute Gasteiger partial charge is 0.384 e. The van der Waals surface area contributed by atoms with Crippen LogP contribution in [-0.4, -0.2) is 38.3 Å². The molecule has 0 aromatic heterocycles. The molecule has 1 N–H and O–H groups in total. The Hall–Kier alpha value is -1.06. The molecule has 0 fully saturated rings. The minimum atomic E-state index is 0.803. The third kappa shape index (κ3) is 3.20. The number of hydrogen-bond acceptors (Lipinski definition) is 3. The van der Waals surface area contributed by atoms with Crippen LogP contribution in [0.15, 0.2) is 18.2 Å². The summed E-state index contributed by atoms with van der Waals surface area (Å²) in [6, 6.07) is 6.80. The standard InChI is InChI=1S/C14H22N2O/c1-3-16(8-9-17-2)11-12-4-5-13-6-7-15-14(13)10-12/h4-5,10,15H,3,6-9,11H2,1-2H3. The Balaban J connectivity index is 1.97. The van der Waals surface area contributed by atoms with Crippen LogP contribution in [0.2, 0.25) is 0 Å². The van der Waals surface area contributed by atoms with Gasteiger partial charge in [0, 0.05) is 32.4 Å². The van der Waals surface area contributed by atoms with Crippen LogP contribution in [0.4, 0.5) is 5.69 Å². The molecule has 2 rings (SSSR count). The van der Waals surface area contributed by atoms with Gasteiger partial charge in [0.2, 0.25) is 0 Å². The van der Waals surface area contributed by atoms with Gasteiger partial charge in [-0.3, -0.25) is 4.90 Å². The molecular formula is C14H22N2O. The van der Waals surface area contributed by atoms with Gasteiger partial charge in [0.15, 0.2) is 0 Å². The zero-order chi connectivity index (χ0) is 12.1. The molecule has 3 heteroatoms. The monoisotopic (exact) mass is 234 g/mol. The van der Waals surface area contributed by atoms with Crippen LogP contribution < -0.4 is 5.32 Å². The highest BCUT2D eigenvalue weighted by atomic mass is 16.5. The number of ether oxygens (including phenoxy) is 1. The third-order valence-corrected chi connectivity index (χ3v) is 3.35. The minimum absolute atomic E-state index is 0.803. The van der Waals surface area contributed by atoms with Crippen molar-refractivity contribution in [1.82, 2.24) is 4.90 Å². The number of benzene rings is 1. The Morgan fingerprint density at radius 2 is 2.29 bits per heavy atom. The van der Waals surface area contributed by atoms with E-state index in [-0.39, 0.29) is 0 Å². The topological polar surface area (TPSA) is 24.5 Å². The van der Waals surface area contributed by atoms with Crippen molar-refractivity contribution in [3.8, 4) is 0 Å². The summed E-state index contributed by atoms with van der Waals surface area (Å²) in [6.07, 6.45) is 1.16. The first kappa shape index (κ1) is 12.4. The highest BCUT2D eigenvalue weighted by Crippen LogP contribution is 2.23. The number of nitrogens with zero attached hydrogens (tertiary/aromatic N) is 1. The maximum absolute atomic E-state index is 5.13. The summed E-state index contributed by atoms with van der Waals surface area (Å²) in [5.74, 6) is 0. The van der Waals surface area contributed by atoms with E-state index >= 15 is 0 Å². The quantitative estimate of drug-likeness (QED) is 0.816. The lowest BCUT2D eigenvalue weighted by Crippen LogP contribution is -2.26. The second-order valence-corrected chi connectivity index (χ2v) is 4.53. The van der Waals surface area contributed by atoms with Crippen molar-refractivity contribution < 1.29 is 4.74 Å². The Kier molecular flexibility index (Phi) is 4.40.